The predicted molar refractivity (Wildman–Crippen MR) is 110 cm³/mol. The van der Waals surface area contributed by atoms with Crippen LogP contribution in [0.1, 0.15) is 10.4 Å². The molecule has 0 radical (unpaired) electrons. The third kappa shape index (κ3) is 4.54. The SMILES string of the molecule is COc1cc(OC)cc(C(=O)N2CCN(CCOc3ccc4c(c3)OCO4)CC2)c1. The molecule has 2 heterocycles. The molecule has 8 nitrogen and oxygen atoms in total. The zero-order valence-electron chi connectivity index (χ0n) is 17.3. The Hall–Kier alpha value is -3.13. The highest BCUT2D eigenvalue weighted by Gasteiger charge is 2.23. The van der Waals surface area contributed by atoms with E-state index in [1.807, 2.05) is 23.1 Å². The number of carbonyl (C=O) groups excluding carboxylic acids is 1. The van der Waals surface area contributed by atoms with E-state index in [9.17, 15) is 4.79 Å². The Morgan fingerprint density at radius 1 is 0.900 bits per heavy atom. The molecule has 0 bridgehead atoms. The molecule has 2 aliphatic rings. The molecule has 2 aliphatic heterocycles. The van der Waals surface area contributed by atoms with Gasteiger partial charge in [0.2, 0.25) is 6.79 Å². The minimum atomic E-state index is -0.0107. The average molecular weight is 414 g/mol. The van der Waals surface area contributed by atoms with Crippen LogP contribution in [-0.4, -0.2) is 76.1 Å². The molecule has 0 atom stereocenters. The largest absolute Gasteiger partial charge is 0.497 e. The van der Waals surface area contributed by atoms with Gasteiger partial charge in [-0.05, 0) is 24.3 Å². The summed E-state index contributed by atoms with van der Waals surface area (Å²) in [4.78, 5) is 17.0. The lowest BCUT2D eigenvalue weighted by Crippen LogP contribution is -2.49. The number of piperazine rings is 1. The summed E-state index contributed by atoms with van der Waals surface area (Å²) in [7, 11) is 3.15. The second-order valence-corrected chi connectivity index (χ2v) is 7.10. The normalized spacial score (nSPS) is 15.7. The van der Waals surface area contributed by atoms with Crippen LogP contribution in [0.25, 0.3) is 0 Å². The molecular weight excluding hydrogens is 388 g/mol. The molecule has 0 aliphatic carbocycles. The van der Waals surface area contributed by atoms with Gasteiger partial charge < -0.3 is 28.6 Å². The van der Waals surface area contributed by atoms with E-state index < -0.39 is 0 Å². The van der Waals surface area contributed by atoms with Crippen molar-refractivity contribution in [1.82, 2.24) is 9.80 Å². The lowest BCUT2D eigenvalue weighted by atomic mass is 10.1. The molecule has 0 aromatic heterocycles. The number of nitrogens with zero attached hydrogens (tertiary/aromatic N) is 2. The van der Waals surface area contributed by atoms with Crippen molar-refractivity contribution in [3.8, 4) is 28.7 Å². The standard InChI is InChI=1S/C22H26N2O6/c1-26-18-11-16(12-19(13-18)27-2)22(25)24-7-5-23(6-8-24)9-10-28-17-3-4-20-21(14-17)30-15-29-20/h3-4,11-14H,5-10,15H2,1-2H3. The van der Waals surface area contributed by atoms with Gasteiger partial charge in [-0.1, -0.05) is 0 Å². The fourth-order valence-electron chi connectivity index (χ4n) is 3.55. The highest BCUT2D eigenvalue weighted by Crippen LogP contribution is 2.35. The first-order valence-corrected chi connectivity index (χ1v) is 9.93. The molecular formula is C22H26N2O6. The summed E-state index contributed by atoms with van der Waals surface area (Å²) < 4.78 is 27.1. The van der Waals surface area contributed by atoms with Gasteiger partial charge in [0.1, 0.15) is 23.9 Å². The molecule has 4 rings (SSSR count). The van der Waals surface area contributed by atoms with Crippen LogP contribution in [0.4, 0.5) is 0 Å². The molecule has 160 valence electrons. The second-order valence-electron chi connectivity index (χ2n) is 7.10. The van der Waals surface area contributed by atoms with E-state index in [2.05, 4.69) is 4.90 Å². The zero-order valence-corrected chi connectivity index (χ0v) is 17.3. The molecule has 2 aromatic rings. The summed E-state index contributed by atoms with van der Waals surface area (Å²) >= 11 is 0. The highest BCUT2D eigenvalue weighted by atomic mass is 16.7. The number of fused-ring (bicyclic) bond motifs is 1. The lowest BCUT2D eigenvalue weighted by Gasteiger charge is -2.34. The van der Waals surface area contributed by atoms with Crippen molar-refractivity contribution in [3.05, 3.63) is 42.0 Å². The summed E-state index contributed by atoms with van der Waals surface area (Å²) in [6.45, 7) is 4.56. The molecule has 8 heteroatoms. The zero-order chi connectivity index (χ0) is 20.9. The Labute approximate surface area is 175 Å². The van der Waals surface area contributed by atoms with Crippen LogP contribution < -0.4 is 23.7 Å². The number of benzene rings is 2. The van der Waals surface area contributed by atoms with Gasteiger partial charge in [0.25, 0.3) is 5.91 Å². The topological polar surface area (TPSA) is 69.7 Å². The molecule has 1 fully saturated rings. The molecule has 30 heavy (non-hydrogen) atoms. The fourth-order valence-corrected chi connectivity index (χ4v) is 3.55. The quantitative estimate of drug-likeness (QED) is 0.688. The molecule has 0 spiro atoms. The predicted octanol–water partition coefficient (Wildman–Crippen LogP) is 2.27. The third-order valence-electron chi connectivity index (χ3n) is 5.28. The van der Waals surface area contributed by atoms with Crippen LogP contribution in [0.5, 0.6) is 28.7 Å². The number of ether oxygens (including phenoxy) is 5. The van der Waals surface area contributed by atoms with Crippen LogP contribution >= 0.6 is 0 Å². The van der Waals surface area contributed by atoms with Crippen molar-refractivity contribution in [3.63, 3.8) is 0 Å². The van der Waals surface area contributed by atoms with Gasteiger partial charge in [-0.25, -0.2) is 0 Å². The van der Waals surface area contributed by atoms with E-state index in [4.69, 9.17) is 23.7 Å². The van der Waals surface area contributed by atoms with E-state index in [0.29, 0.717) is 42.5 Å². The van der Waals surface area contributed by atoms with Gasteiger partial charge in [0.15, 0.2) is 11.5 Å². The Kier molecular flexibility index (Phi) is 6.13. The van der Waals surface area contributed by atoms with Crippen LogP contribution in [0.2, 0.25) is 0 Å². The third-order valence-corrected chi connectivity index (χ3v) is 5.28. The fraction of sp³-hybridized carbons (Fsp3) is 0.409. The van der Waals surface area contributed by atoms with E-state index >= 15 is 0 Å². The summed E-state index contributed by atoms with van der Waals surface area (Å²) in [6, 6.07) is 10.8. The number of rotatable bonds is 7. The maximum absolute atomic E-state index is 12.9. The van der Waals surface area contributed by atoms with Gasteiger partial charge in [0.05, 0.1) is 14.2 Å². The summed E-state index contributed by atoms with van der Waals surface area (Å²) in [5.74, 6) is 3.43. The number of hydrogen-bond acceptors (Lipinski definition) is 7. The van der Waals surface area contributed by atoms with Crippen molar-refractivity contribution in [2.24, 2.45) is 0 Å². The van der Waals surface area contributed by atoms with Crippen molar-refractivity contribution in [2.75, 3.05) is 60.3 Å². The first-order valence-electron chi connectivity index (χ1n) is 9.93. The second kappa shape index (κ2) is 9.13. The van der Waals surface area contributed by atoms with E-state index in [1.54, 1.807) is 32.4 Å². The van der Waals surface area contributed by atoms with Crippen molar-refractivity contribution >= 4 is 5.91 Å². The summed E-state index contributed by atoms with van der Waals surface area (Å²) in [5.41, 5.74) is 0.575. The average Bonchev–Trinajstić information content (AvgIpc) is 3.26. The first kappa shape index (κ1) is 20.2. The van der Waals surface area contributed by atoms with E-state index in [-0.39, 0.29) is 12.7 Å². The lowest BCUT2D eigenvalue weighted by molar-refractivity contribution is 0.0619. The van der Waals surface area contributed by atoms with Gasteiger partial charge in [0, 0.05) is 50.4 Å². The number of carbonyl (C=O) groups is 1. The van der Waals surface area contributed by atoms with E-state index in [0.717, 1.165) is 31.1 Å². The van der Waals surface area contributed by atoms with E-state index in [1.165, 1.54) is 0 Å². The molecule has 0 unspecified atom stereocenters. The van der Waals surface area contributed by atoms with Gasteiger partial charge in [-0.2, -0.15) is 0 Å². The Balaban J connectivity index is 1.25. The maximum Gasteiger partial charge on any atom is 0.254 e. The summed E-state index contributed by atoms with van der Waals surface area (Å²) in [6.07, 6.45) is 0. The number of amides is 1. The smallest absolute Gasteiger partial charge is 0.254 e. The van der Waals surface area contributed by atoms with Crippen molar-refractivity contribution < 1.29 is 28.5 Å². The Morgan fingerprint density at radius 2 is 1.60 bits per heavy atom. The van der Waals surface area contributed by atoms with Gasteiger partial charge in [-0.3, -0.25) is 9.69 Å². The molecule has 0 saturated carbocycles. The van der Waals surface area contributed by atoms with Crippen LogP contribution in [0.15, 0.2) is 36.4 Å². The van der Waals surface area contributed by atoms with Gasteiger partial charge in [-0.15, -0.1) is 0 Å². The molecule has 0 N–H and O–H groups in total. The monoisotopic (exact) mass is 414 g/mol. The van der Waals surface area contributed by atoms with Crippen LogP contribution in [-0.2, 0) is 0 Å². The highest BCUT2D eigenvalue weighted by molar-refractivity contribution is 5.95. The van der Waals surface area contributed by atoms with Crippen molar-refractivity contribution in [1.29, 1.82) is 0 Å². The van der Waals surface area contributed by atoms with Crippen molar-refractivity contribution in [2.45, 2.75) is 0 Å². The Morgan fingerprint density at radius 3 is 2.30 bits per heavy atom. The number of hydrogen-bond donors (Lipinski definition) is 0. The molecule has 1 saturated heterocycles. The Bertz CT molecular complexity index is 873. The van der Waals surface area contributed by atoms with Crippen LogP contribution in [0, 0.1) is 0 Å². The number of methoxy groups -OCH3 is 2. The molecule has 1 amide bonds. The maximum atomic E-state index is 12.9. The van der Waals surface area contributed by atoms with Gasteiger partial charge >= 0.3 is 0 Å². The van der Waals surface area contributed by atoms with Crippen LogP contribution in [0.3, 0.4) is 0 Å². The first-order chi connectivity index (χ1) is 14.7. The molecule has 2 aromatic carbocycles. The summed E-state index contributed by atoms with van der Waals surface area (Å²) in [5, 5.41) is 0. The minimum Gasteiger partial charge on any atom is -0.497 e. The minimum absolute atomic E-state index is 0.0107.